The van der Waals surface area contributed by atoms with E-state index in [1.807, 2.05) is 31.2 Å². The van der Waals surface area contributed by atoms with Crippen molar-refractivity contribution in [1.29, 1.82) is 0 Å². The van der Waals surface area contributed by atoms with Crippen molar-refractivity contribution in [3.8, 4) is 5.75 Å². The molecule has 0 saturated heterocycles. The highest BCUT2D eigenvalue weighted by atomic mass is 19.1. The molecule has 3 N–H and O–H groups in total. The molecule has 0 fully saturated rings. The second kappa shape index (κ2) is 6.26. The van der Waals surface area contributed by atoms with E-state index in [4.69, 9.17) is 10.6 Å². The van der Waals surface area contributed by atoms with Gasteiger partial charge < -0.3 is 4.74 Å². The van der Waals surface area contributed by atoms with Crippen LogP contribution in [0.1, 0.15) is 24.2 Å². The third-order valence-corrected chi connectivity index (χ3v) is 2.72. The molecule has 1 aromatic heterocycles. The lowest BCUT2D eigenvalue weighted by molar-refractivity contribution is 0.339. The van der Waals surface area contributed by atoms with Crippen LogP contribution in [-0.2, 0) is 0 Å². The average molecular weight is 261 g/mol. The summed E-state index contributed by atoms with van der Waals surface area (Å²) in [6.45, 7) is 2.52. The number of nitrogens with two attached hydrogens (primary N) is 1. The van der Waals surface area contributed by atoms with Gasteiger partial charge in [0.2, 0.25) is 0 Å². The summed E-state index contributed by atoms with van der Waals surface area (Å²) in [6.07, 6.45) is 1.17. The van der Waals surface area contributed by atoms with Gasteiger partial charge in [0.15, 0.2) is 0 Å². The third-order valence-electron chi connectivity index (χ3n) is 2.72. The lowest BCUT2D eigenvalue weighted by Crippen LogP contribution is -2.29. The van der Waals surface area contributed by atoms with E-state index in [0.29, 0.717) is 12.3 Å². The summed E-state index contributed by atoms with van der Waals surface area (Å²) in [6, 6.07) is 10.2. The Morgan fingerprint density at radius 3 is 2.84 bits per heavy atom. The van der Waals surface area contributed by atoms with Gasteiger partial charge in [-0.3, -0.25) is 10.8 Å². The molecule has 2 rings (SSSR count). The molecule has 1 atom stereocenters. The highest BCUT2D eigenvalue weighted by molar-refractivity contribution is 5.34. The summed E-state index contributed by atoms with van der Waals surface area (Å²) >= 11 is 0. The number of pyridine rings is 1. The van der Waals surface area contributed by atoms with Crippen LogP contribution in [-0.4, -0.2) is 11.6 Å². The summed E-state index contributed by atoms with van der Waals surface area (Å²) < 4.78 is 18.3. The van der Waals surface area contributed by atoms with Crippen molar-refractivity contribution in [2.75, 3.05) is 6.61 Å². The van der Waals surface area contributed by atoms with Gasteiger partial charge in [0.25, 0.3) is 0 Å². The van der Waals surface area contributed by atoms with Gasteiger partial charge in [-0.05, 0) is 36.8 Å². The molecule has 0 saturated carbocycles. The molecule has 0 bridgehead atoms. The fourth-order valence-corrected chi connectivity index (χ4v) is 1.86. The first-order valence-electron chi connectivity index (χ1n) is 6.05. The lowest BCUT2D eigenvalue weighted by atomic mass is 10.0. The largest absolute Gasteiger partial charge is 0.494 e. The summed E-state index contributed by atoms with van der Waals surface area (Å²) in [5, 5.41) is 0. The summed E-state index contributed by atoms with van der Waals surface area (Å²) in [7, 11) is 0. The molecule has 0 radical (unpaired) electrons. The maximum Gasteiger partial charge on any atom is 0.141 e. The Balaban J connectivity index is 2.30. The Bertz CT molecular complexity index is 530. The van der Waals surface area contributed by atoms with Crippen LogP contribution in [0, 0.1) is 5.82 Å². The molecule has 0 aliphatic carbocycles. The Hall–Kier alpha value is -1.98. The second-order valence-corrected chi connectivity index (χ2v) is 4.01. The van der Waals surface area contributed by atoms with E-state index >= 15 is 0 Å². The molecule has 0 aliphatic rings. The number of hydrazine groups is 1. The molecule has 0 amide bonds. The van der Waals surface area contributed by atoms with Crippen molar-refractivity contribution in [2.24, 2.45) is 5.84 Å². The molecular weight excluding hydrogens is 245 g/mol. The molecule has 0 aliphatic heterocycles. The van der Waals surface area contributed by atoms with E-state index < -0.39 is 0 Å². The number of halogens is 1. The Morgan fingerprint density at radius 1 is 1.37 bits per heavy atom. The van der Waals surface area contributed by atoms with Gasteiger partial charge in [-0.2, -0.15) is 0 Å². The molecule has 5 heteroatoms. The maximum absolute atomic E-state index is 12.9. The van der Waals surface area contributed by atoms with Crippen molar-refractivity contribution < 1.29 is 9.13 Å². The standard InChI is InChI=1S/C14H16FN3O/c1-2-19-12-5-3-4-10(8-12)14(18-16)13-7-6-11(15)9-17-13/h3-9,14,18H,2,16H2,1H3. The fourth-order valence-electron chi connectivity index (χ4n) is 1.86. The SMILES string of the molecule is CCOc1cccc(C(NN)c2ccc(F)cn2)c1. The van der Waals surface area contributed by atoms with Gasteiger partial charge in [0.1, 0.15) is 11.6 Å². The number of rotatable bonds is 5. The summed E-state index contributed by atoms with van der Waals surface area (Å²) in [5.74, 6) is 5.97. The first-order chi connectivity index (χ1) is 9.24. The quantitative estimate of drug-likeness (QED) is 0.639. The molecule has 2 aromatic rings. The van der Waals surface area contributed by atoms with Crippen LogP contribution in [0.15, 0.2) is 42.6 Å². The highest BCUT2D eigenvalue weighted by Crippen LogP contribution is 2.23. The zero-order valence-corrected chi connectivity index (χ0v) is 10.6. The molecule has 0 spiro atoms. The number of hydrogen-bond acceptors (Lipinski definition) is 4. The zero-order chi connectivity index (χ0) is 13.7. The molecule has 19 heavy (non-hydrogen) atoms. The number of hydrogen-bond donors (Lipinski definition) is 2. The smallest absolute Gasteiger partial charge is 0.141 e. The lowest BCUT2D eigenvalue weighted by Gasteiger charge is -2.16. The fraction of sp³-hybridized carbons (Fsp3) is 0.214. The first kappa shape index (κ1) is 13.5. The van der Waals surface area contributed by atoms with E-state index in [-0.39, 0.29) is 11.9 Å². The number of nitrogens with one attached hydrogen (secondary N) is 1. The number of ether oxygens (including phenoxy) is 1. The van der Waals surface area contributed by atoms with Gasteiger partial charge in [-0.25, -0.2) is 9.82 Å². The molecule has 100 valence electrons. The molecule has 1 unspecified atom stereocenters. The van der Waals surface area contributed by atoms with E-state index in [9.17, 15) is 4.39 Å². The molecule has 1 heterocycles. The molecule has 1 aromatic carbocycles. The highest BCUT2D eigenvalue weighted by Gasteiger charge is 2.14. The maximum atomic E-state index is 12.9. The first-order valence-corrected chi connectivity index (χ1v) is 6.05. The Kier molecular flexibility index (Phi) is 4.43. The minimum absolute atomic E-state index is 0.305. The predicted molar refractivity (Wildman–Crippen MR) is 71.0 cm³/mol. The minimum atomic E-state index is -0.373. The van der Waals surface area contributed by atoms with Gasteiger partial charge in [-0.1, -0.05) is 12.1 Å². The van der Waals surface area contributed by atoms with Crippen molar-refractivity contribution in [1.82, 2.24) is 10.4 Å². The van der Waals surface area contributed by atoms with Crippen LogP contribution in [0.25, 0.3) is 0 Å². The van der Waals surface area contributed by atoms with Crippen molar-refractivity contribution in [3.05, 3.63) is 59.7 Å². The van der Waals surface area contributed by atoms with Crippen LogP contribution in [0.4, 0.5) is 4.39 Å². The van der Waals surface area contributed by atoms with Crippen LogP contribution in [0.3, 0.4) is 0 Å². The number of nitrogens with zero attached hydrogens (tertiary/aromatic N) is 1. The number of aromatic nitrogens is 1. The summed E-state index contributed by atoms with van der Waals surface area (Å²) in [4.78, 5) is 4.04. The van der Waals surface area contributed by atoms with Gasteiger partial charge in [-0.15, -0.1) is 0 Å². The van der Waals surface area contributed by atoms with Crippen LogP contribution < -0.4 is 16.0 Å². The summed E-state index contributed by atoms with van der Waals surface area (Å²) in [5.41, 5.74) is 4.24. The van der Waals surface area contributed by atoms with Crippen molar-refractivity contribution in [2.45, 2.75) is 13.0 Å². The molecular formula is C14H16FN3O. The van der Waals surface area contributed by atoms with E-state index in [1.165, 1.54) is 12.3 Å². The van der Waals surface area contributed by atoms with Gasteiger partial charge in [0, 0.05) is 0 Å². The van der Waals surface area contributed by atoms with Crippen LogP contribution in [0.5, 0.6) is 5.75 Å². The Morgan fingerprint density at radius 2 is 2.21 bits per heavy atom. The van der Waals surface area contributed by atoms with Gasteiger partial charge >= 0.3 is 0 Å². The minimum Gasteiger partial charge on any atom is -0.494 e. The van der Waals surface area contributed by atoms with Crippen molar-refractivity contribution in [3.63, 3.8) is 0 Å². The van der Waals surface area contributed by atoms with E-state index in [0.717, 1.165) is 11.3 Å². The second-order valence-electron chi connectivity index (χ2n) is 4.01. The van der Waals surface area contributed by atoms with Crippen LogP contribution >= 0.6 is 0 Å². The zero-order valence-electron chi connectivity index (χ0n) is 10.6. The predicted octanol–water partition coefficient (Wildman–Crippen LogP) is 2.17. The topological polar surface area (TPSA) is 60.2 Å². The normalized spacial score (nSPS) is 12.2. The van der Waals surface area contributed by atoms with E-state index in [2.05, 4.69) is 10.4 Å². The Labute approximate surface area is 111 Å². The third kappa shape index (κ3) is 3.27. The van der Waals surface area contributed by atoms with Crippen molar-refractivity contribution >= 4 is 0 Å². The molecule has 4 nitrogen and oxygen atoms in total. The monoisotopic (exact) mass is 261 g/mol. The average Bonchev–Trinajstić information content (AvgIpc) is 2.43. The van der Waals surface area contributed by atoms with Crippen LogP contribution in [0.2, 0.25) is 0 Å². The van der Waals surface area contributed by atoms with E-state index in [1.54, 1.807) is 6.07 Å². The van der Waals surface area contributed by atoms with Gasteiger partial charge in [0.05, 0.1) is 24.5 Å². The number of benzene rings is 1.